The second-order valence-electron chi connectivity index (χ2n) is 12.6. The van der Waals surface area contributed by atoms with E-state index in [0.717, 1.165) is 12.8 Å². The zero-order valence-corrected chi connectivity index (χ0v) is 24.2. The van der Waals surface area contributed by atoms with Gasteiger partial charge in [-0.3, -0.25) is 4.55 Å². The van der Waals surface area contributed by atoms with E-state index < -0.39 is 20.4 Å². The van der Waals surface area contributed by atoms with E-state index in [9.17, 15) is 18.1 Å². The summed E-state index contributed by atoms with van der Waals surface area (Å²) in [5.41, 5.74) is 0.0915. The van der Waals surface area contributed by atoms with E-state index in [1.807, 2.05) is 6.92 Å². The quantitative estimate of drug-likeness (QED) is 0.311. The van der Waals surface area contributed by atoms with Crippen LogP contribution < -0.4 is 9.47 Å². The molecule has 0 saturated heterocycles. The number of hydrogen-bond donors (Lipinski definition) is 2. The van der Waals surface area contributed by atoms with Gasteiger partial charge in [0.25, 0.3) is 10.1 Å². The molecule has 34 heavy (non-hydrogen) atoms. The Morgan fingerprint density at radius 1 is 0.912 bits per heavy atom. The van der Waals surface area contributed by atoms with Crippen LogP contribution in [0.4, 0.5) is 0 Å². The van der Waals surface area contributed by atoms with Gasteiger partial charge in [0.05, 0.1) is 14.2 Å². The number of hydrogen-bond acceptors (Lipinski definition) is 5. The Kier molecular flexibility index (Phi) is 9.57. The lowest BCUT2D eigenvalue weighted by atomic mass is 9.56. The van der Waals surface area contributed by atoms with E-state index in [1.54, 1.807) is 0 Å². The molecular formula is C27H48O6S. The number of methoxy groups -OCH3 is 2. The van der Waals surface area contributed by atoms with Crippen molar-refractivity contribution in [2.75, 3.05) is 14.2 Å². The third-order valence-corrected chi connectivity index (χ3v) is 7.33. The van der Waals surface area contributed by atoms with Crippen LogP contribution in [0.3, 0.4) is 0 Å². The van der Waals surface area contributed by atoms with Gasteiger partial charge in [-0.05, 0) is 47.3 Å². The van der Waals surface area contributed by atoms with Gasteiger partial charge in [0.15, 0.2) is 11.5 Å². The molecule has 6 nitrogen and oxygen atoms in total. The maximum Gasteiger partial charge on any atom is 0.298 e. The number of aromatic hydroxyl groups is 1. The van der Waals surface area contributed by atoms with E-state index in [2.05, 4.69) is 62.3 Å². The molecule has 0 heterocycles. The van der Waals surface area contributed by atoms with Crippen LogP contribution in [-0.4, -0.2) is 32.3 Å². The Morgan fingerprint density at radius 2 is 1.41 bits per heavy atom. The Labute approximate surface area is 208 Å². The third kappa shape index (κ3) is 6.81. The SMILES string of the molecule is CCCc1c(O)c(OC)c(S(=O)(=O)O)c(C(C(C)(C)CC(C)C)C(C)(C)CC(C)(C)C)c1OC. The van der Waals surface area contributed by atoms with Crippen LogP contribution >= 0.6 is 0 Å². The van der Waals surface area contributed by atoms with Crippen LogP contribution in [0.1, 0.15) is 106 Å². The molecule has 0 spiro atoms. The molecule has 0 aliphatic rings. The lowest BCUT2D eigenvalue weighted by Crippen LogP contribution is -2.39. The highest BCUT2D eigenvalue weighted by molar-refractivity contribution is 7.86. The van der Waals surface area contributed by atoms with Gasteiger partial charge in [0.2, 0.25) is 0 Å². The number of rotatable bonds is 11. The van der Waals surface area contributed by atoms with Crippen molar-refractivity contribution in [1.82, 2.24) is 0 Å². The third-order valence-electron chi connectivity index (χ3n) is 6.41. The Morgan fingerprint density at radius 3 is 1.76 bits per heavy atom. The molecule has 1 atom stereocenters. The van der Waals surface area contributed by atoms with Crippen molar-refractivity contribution in [3.05, 3.63) is 11.1 Å². The molecule has 0 bridgehead atoms. The van der Waals surface area contributed by atoms with E-state index in [4.69, 9.17) is 9.47 Å². The predicted molar refractivity (Wildman–Crippen MR) is 139 cm³/mol. The largest absolute Gasteiger partial charge is 0.504 e. The Bertz CT molecular complexity index is 953. The zero-order chi connectivity index (χ0) is 26.9. The smallest absolute Gasteiger partial charge is 0.298 e. The summed E-state index contributed by atoms with van der Waals surface area (Å²) in [4.78, 5) is -0.395. The summed E-state index contributed by atoms with van der Waals surface area (Å²) >= 11 is 0. The van der Waals surface area contributed by atoms with E-state index in [-0.39, 0.29) is 28.2 Å². The second kappa shape index (κ2) is 10.7. The first-order valence-corrected chi connectivity index (χ1v) is 13.7. The standard InChI is InChI=1S/C27H48O6S/c1-13-14-18-20(28)22(33-12)23(34(29,30)31)19(21(18)32-11)24(26(7,8)15-17(2)3)27(9,10)16-25(4,5)6/h17,24,28H,13-16H2,1-12H3,(H,29,30,31). The van der Waals surface area contributed by atoms with Gasteiger partial charge in [-0.1, -0.05) is 75.7 Å². The van der Waals surface area contributed by atoms with Crippen LogP contribution in [0.5, 0.6) is 17.2 Å². The highest BCUT2D eigenvalue weighted by atomic mass is 32.2. The van der Waals surface area contributed by atoms with Crippen molar-refractivity contribution in [2.45, 2.75) is 106 Å². The summed E-state index contributed by atoms with van der Waals surface area (Å²) in [6, 6.07) is 0. The van der Waals surface area contributed by atoms with Crippen molar-refractivity contribution in [3.63, 3.8) is 0 Å². The summed E-state index contributed by atoms with van der Waals surface area (Å²) in [5, 5.41) is 11.0. The molecule has 1 aromatic carbocycles. The average molecular weight is 501 g/mol. The first-order chi connectivity index (χ1) is 15.2. The van der Waals surface area contributed by atoms with Gasteiger partial charge in [-0.2, -0.15) is 8.42 Å². The maximum atomic E-state index is 12.9. The number of phenols is 1. The molecule has 0 radical (unpaired) electrons. The zero-order valence-electron chi connectivity index (χ0n) is 23.4. The number of benzene rings is 1. The van der Waals surface area contributed by atoms with Crippen molar-refractivity contribution >= 4 is 10.1 Å². The Hall–Kier alpha value is -1.47. The molecule has 0 aromatic heterocycles. The summed E-state index contributed by atoms with van der Waals surface area (Å²) < 4.78 is 47.6. The fourth-order valence-electron chi connectivity index (χ4n) is 6.64. The summed E-state index contributed by atoms with van der Waals surface area (Å²) in [6.45, 7) is 21.4. The number of ether oxygens (including phenoxy) is 2. The van der Waals surface area contributed by atoms with Gasteiger partial charge in [0.1, 0.15) is 10.6 Å². The van der Waals surface area contributed by atoms with Gasteiger partial charge < -0.3 is 14.6 Å². The second-order valence-corrected chi connectivity index (χ2v) is 14.0. The lowest BCUT2D eigenvalue weighted by Gasteiger charge is -2.49. The fourth-order valence-corrected chi connectivity index (χ4v) is 7.54. The minimum atomic E-state index is -4.77. The minimum absolute atomic E-state index is 0.0333. The fraction of sp³-hybridized carbons (Fsp3) is 0.778. The lowest BCUT2D eigenvalue weighted by molar-refractivity contribution is 0.0749. The summed E-state index contributed by atoms with van der Waals surface area (Å²) in [7, 11) is -1.97. The molecule has 1 rings (SSSR count). The predicted octanol–water partition coefficient (Wildman–Crippen LogP) is 7.23. The molecule has 0 saturated carbocycles. The van der Waals surface area contributed by atoms with Gasteiger partial charge >= 0.3 is 0 Å². The molecule has 2 N–H and O–H groups in total. The van der Waals surface area contributed by atoms with Crippen LogP contribution in [0, 0.1) is 22.2 Å². The normalized spacial score (nSPS) is 14.4. The monoisotopic (exact) mass is 500 g/mol. The molecule has 198 valence electrons. The first-order valence-electron chi connectivity index (χ1n) is 12.2. The van der Waals surface area contributed by atoms with Gasteiger partial charge in [0, 0.05) is 11.1 Å². The van der Waals surface area contributed by atoms with Crippen LogP contribution in [0.2, 0.25) is 0 Å². The highest BCUT2D eigenvalue weighted by Gasteiger charge is 2.48. The molecule has 1 unspecified atom stereocenters. The summed E-state index contributed by atoms with van der Waals surface area (Å²) in [6.07, 6.45) is 2.81. The molecule has 0 fully saturated rings. The topological polar surface area (TPSA) is 93.1 Å². The van der Waals surface area contributed by atoms with Gasteiger partial charge in [-0.15, -0.1) is 0 Å². The van der Waals surface area contributed by atoms with Crippen molar-refractivity contribution < 1.29 is 27.6 Å². The van der Waals surface area contributed by atoms with Crippen LogP contribution in [0.15, 0.2) is 4.90 Å². The van der Waals surface area contributed by atoms with Crippen molar-refractivity contribution in [2.24, 2.45) is 22.2 Å². The molecular weight excluding hydrogens is 452 g/mol. The van der Waals surface area contributed by atoms with Crippen molar-refractivity contribution in [3.8, 4) is 17.2 Å². The maximum absolute atomic E-state index is 12.9. The van der Waals surface area contributed by atoms with Crippen molar-refractivity contribution in [1.29, 1.82) is 0 Å². The molecule has 7 heteroatoms. The van der Waals surface area contributed by atoms with Crippen LogP contribution in [0.25, 0.3) is 0 Å². The molecule has 0 aliphatic carbocycles. The average Bonchev–Trinajstić information content (AvgIpc) is 2.59. The van der Waals surface area contributed by atoms with Gasteiger partial charge in [-0.25, -0.2) is 0 Å². The van der Waals surface area contributed by atoms with Crippen LogP contribution in [-0.2, 0) is 16.5 Å². The Balaban J connectivity index is 4.40. The first kappa shape index (κ1) is 30.6. The molecule has 0 amide bonds. The van der Waals surface area contributed by atoms with E-state index >= 15 is 0 Å². The minimum Gasteiger partial charge on any atom is -0.504 e. The highest BCUT2D eigenvalue weighted by Crippen LogP contribution is 2.60. The molecule has 1 aromatic rings. The van der Waals surface area contributed by atoms with E-state index in [1.165, 1.54) is 14.2 Å². The summed E-state index contributed by atoms with van der Waals surface area (Å²) in [5.74, 6) is -0.183. The molecule has 0 aliphatic heterocycles. The van der Waals surface area contributed by atoms with E-state index in [0.29, 0.717) is 35.6 Å². The number of phenolic OH excluding ortho intramolecular Hbond substituents is 1.